The van der Waals surface area contributed by atoms with Crippen molar-refractivity contribution in [2.75, 3.05) is 18.0 Å². The van der Waals surface area contributed by atoms with Crippen LogP contribution in [0.5, 0.6) is 0 Å². The van der Waals surface area contributed by atoms with Gasteiger partial charge in [-0.3, -0.25) is 10.1 Å². The van der Waals surface area contributed by atoms with Crippen LogP contribution < -0.4 is 4.90 Å². The normalized spacial score (nSPS) is 16.4. The van der Waals surface area contributed by atoms with Crippen molar-refractivity contribution in [2.24, 2.45) is 5.92 Å². The summed E-state index contributed by atoms with van der Waals surface area (Å²) in [5.74, 6) is 0.852. The molecule has 0 spiro atoms. The molecular formula is C15H21BrN2O2. The SMILES string of the molecule is CCCC1CCN(c2ccc([N+](=O)[O-])c(CBr)c2)CC1. The molecule has 2 rings (SSSR count). The number of rotatable bonds is 5. The van der Waals surface area contributed by atoms with Crippen molar-refractivity contribution < 1.29 is 4.92 Å². The number of hydrogen-bond acceptors (Lipinski definition) is 3. The van der Waals surface area contributed by atoms with E-state index in [0.29, 0.717) is 5.33 Å². The quantitative estimate of drug-likeness (QED) is 0.450. The summed E-state index contributed by atoms with van der Waals surface area (Å²) in [4.78, 5) is 13.0. The number of nitro benzene ring substituents is 1. The molecule has 1 aromatic carbocycles. The molecule has 0 atom stereocenters. The minimum absolute atomic E-state index is 0.200. The molecule has 0 bridgehead atoms. The third-order valence-electron chi connectivity index (χ3n) is 4.08. The maximum atomic E-state index is 11.0. The second kappa shape index (κ2) is 7.07. The second-order valence-corrected chi connectivity index (χ2v) is 5.98. The molecule has 1 saturated heterocycles. The lowest BCUT2D eigenvalue weighted by Gasteiger charge is -2.33. The fourth-order valence-corrected chi connectivity index (χ4v) is 3.39. The van der Waals surface area contributed by atoms with Gasteiger partial charge < -0.3 is 4.90 Å². The van der Waals surface area contributed by atoms with E-state index in [-0.39, 0.29) is 10.6 Å². The molecule has 1 heterocycles. The molecular weight excluding hydrogens is 320 g/mol. The number of piperidine rings is 1. The predicted molar refractivity (Wildman–Crippen MR) is 85.6 cm³/mol. The summed E-state index contributed by atoms with van der Waals surface area (Å²) in [5.41, 5.74) is 2.06. The van der Waals surface area contributed by atoms with Gasteiger partial charge in [-0.2, -0.15) is 0 Å². The number of benzene rings is 1. The van der Waals surface area contributed by atoms with Crippen LogP contribution in [0, 0.1) is 16.0 Å². The Morgan fingerprint density at radius 1 is 1.40 bits per heavy atom. The van der Waals surface area contributed by atoms with Gasteiger partial charge in [-0.1, -0.05) is 35.7 Å². The Kier molecular flexibility index (Phi) is 5.40. The predicted octanol–water partition coefficient (Wildman–Crippen LogP) is 4.51. The van der Waals surface area contributed by atoms with Crippen LogP contribution in [-0.2, 0) is 5.33 Å². The molecule has 0 unspecified atom stereocenters. The van der Waals surface area contributed by atoms with Gasteiger partial charge in [0, 0.05) is 35.7 Å². The van der Waals surface area contributed by atoms with Crippen molar-refractivity contribution in [1.29, 1.82) is 0 Å². The van der Waals surface area contributed by atoms with Crippen molar-refractivity contribution in [3.8, 4) is 0 Å². The average molecular weight is 341 g/mol. The summed E-state index contributed by atoms with van der Waals surface area (Å²) in [7, 11) is 0. The summed E-state index contributed by atoms with van der Waals surface area (Å²) >= 11 is 3.34. The lowest BCUT2D eigenvalue weighted by molar-refractivity contribution is -0.385. The lowest BCUT2D eigenvalue weighted by Crippen LogP contribution is -2.33. The zero-order valence-corrected chi connectivity index (χ0v) is 13.4. The number of nitro groups is 1. The first-order valence-corrected chi connectivity index (χ1v) is 8.36. The first-order valence-electron chi connectivity index (χ1n) is 7.24. The van der Waals surface area contributed by atoms with Gasteiger partial charge >= 0.3 is 0 Å². The van der Waals surface area contributed by atoms with Crippen molar-refractivity contribution in [2.45, 2.75) is 37.9 Å². The Hall–Kier alpha value is -1.10. The number of halogens is 1. The van der Waals surface area contributed by atoms with Gasteiger partial charge in [0.25, 0.3) is 5.69 Å². The van der Waals surface area contributed by atoms with E-state index < -0.39 is 0 Å². The molecule has 0 radical (unpaired) electrons. The molecule has 20 heavy (non-hydrogen) atoms. The standard InChI is InChI=1S/C15H21BrN2O2/c1-2-3-12-6-8-17(9-7-12)14-4-5-15(18(19)20)13(10-14)11-16/h4-5,10,12H,2-3,6-9,11H2,1H3. The van der Waals surface area contributed by atoms with E-state index in [9.17, 15) is 10.1 Å². The van der Waals surface area contributed by atoms with Gasteiger partial charge in [0.15, 0.2) is 0 Å². The van der Waals surface area contributed by atoms with E-state index in [2.05, 4.69) is 27.8 Å². The largest absolute Gasteiger partial charge is 0.372 e. The maximum Gasteiger partial charge on any atom is 0.273 e. The van der Waals surface area contributed by atoms with Crippen LogP contribution in [0.1, 0.15) is 38.2 Å². The molecule has 1 aliphatic heterocycles. The van der Waals surface area contributed by atoms with Crippen LogP contribution >= 0.6 is 15.9 Å². The van der Waals surface area contributed by atoms with Gasteiger partial charge in [0.05, 0.1) is 4.92 Å². The van der Waals surface area contributed by atoms with E-state index in [0.717, 1.165) is 30.3 Å². The van der Waals surface area contributed by atoms with Gasteiger partial charge in [0.2, 0.25) is 0 Å². The Morgan fingerprint density at radius 3 is 2.65 bits per heavy atom. The zero-order chi connectivity index (χ0) is 14.5. The first-order chi connectivity index (χ1) is 9.65. The molecule has 0 amide bonds. The van der Waals surface area contributed by atoms with Gasteiger partial charge in [-0.25, -0.2) is 0 Å². The van der Waals surface area contributed by atoms with Crippen molar-refractivity contribution in [3.63, 3.8) is 0 Å². The summed E-state index contributed by atoms with van der Waals surface area (Å²) in [6.07, 6.45) is 5.04. The van der Waals surface area contributed by atoms with E-state index in [1.807, 2.05) is 12.1 Å². The highest BCUT2D eigenvalue weighted by Crippen LogP contribution is 2.30. The highest BCUT2D eigenvalue weighted by atomic mass is 79.9. The van der Waals surface area contributed by atoms with Crippen LogP contribution in [0.2, 0.25) is 0 Å². The Bertz CT molecular complexity index is 471. The van der Waals surface area contributed by atoms with E-state index >= 15 is 0 Å². The van der Waals surface area contributed by atoms with Crippen LogP contribution in [0.25, 0.3) is 0 Å². The van der Waals surface area contributed by atoms with Gasteiger partial charge in [-0.05, 0) is 30.9 Å². The van der Waals surface area contributed by atoms with Crippen LogP contribution in [-0.4, -0.2) is 18.0 Å². The van der Waals surface area contributed by atoms with E-state index in [1.54, 1.807) is 6.07 Å². The highest BCUT2D eigenvalue weighted by Gasteiger charge is 2.20. The maximum absolute atomic E-state index is 11.0. The van der Waals surface area contributed by atoms with E-state index in [1.165, 1.54) is 25.7 Å². The molecule has 110 valence electrons. The average Bonchev–Trinajstić information content (AvgIpc) is 2.47. The summed E-state index contributed by atoms with van der Waals surface area (Å²) in [6, 6.07) is 5.46. The second-order valence-electron chi connectivity index (χ2n) is 5.42. The third kappa shape index (κ3) is 3.51. The smallest absolute Gasteiger partial charge is 0.273 e. The third-order valence-corrected chi connectivity index (χ3v) is 4.68. The molecule has 1 aliphatic rings. The fraction of sp³-hybridized carbons (Fsp3) is 0.600. The number of hydrogen-bond donors (Lipinski definition) is 0. The minimum Gasteiger partial charge on any atom is -0.372 e. The monoisotopic (exact) mass is 340 g/mol. The van der Waals surface area contributed by atoms with Crippen LogP contribution in [0.3, 0.4) is 0 Å². The molecule has 0 saturated carbocycles. The first kappa shape index (κ1) is 15.3. The summed E-state index contributed by atoms with van der Waals surface area (Å²) < 4.78 is 0. The molecule has 1 aromatic rings. The van der Waals surface area contributed by atoms with Crippen molar-refractivity contribution in [1.82, 2.24) is 0 Å². The molecule has 1 fully saturated rings. The van der Waals surface area contributed by atoms with Crippen molar-refractivity contribution >= 4 is 27.3 Å². The molecule has 0 aromatic heterocycles. The molecule has 4 nitrogen and oxygen atoms in total. The number of nitrogens with zero attached hydrogens (tertiary/aromatic N) is 2. The molecule has 5 heteroatoms. The number of alkyl halides is 1. The Morgan fingerprint density at radius 2 is 2.10 bits per heavy atom. The fourth-order valence-electron chi connectivity index (χ4n) is 2.94. The Labute approximate surface area is 128 Å². The summed E-state index contributed by atoms with van der Waals surface area (Å²) in [5, 5.41) is 11.5. The van der Waals surface area contributed by atoms with Crippen molar-refractivity contribution in [3.05, 3.63) is 33.9 Å². The van der Waals surface area contributed by atoms with Gasteiger partial charge in [0.1, 0.15) is 0 Å². The number of anilines is 1. The molecule has 0 aliphatic carbocycles. The topological polar surface area (TPSA) is 46.4 Å². The summed E-state index contributed by atoms with van der Waals surface area (Å²) in [6.45, 7) is 4.36. The Balaban J connectivity index is 2.08. The molecule has 0 N–H and O–H groups in total. The zero-order valence-electron chi connectivity index (χ0n) is 11.8. The van der Waals surface area contributed by atoms with E-state index in [4.69, 9.17) is 0 Å². The highest BCUT2D eigenvalue weighted by molar-refractivity contribution is 9.08. The minimum atomic E-state index is -0.312. The van der Waals surface area contributed by atoms with Crippen LogP contribution in [0.15, 0.2) is 18.2 Å². The lowest BCUT2D eigenvalue weighted by atomic mass is 9.92. The van der Waals surface area contributed by atoms with Gasteiger partial charge in [-0.15, -0.1) is 0 Å². The van der Waals surface area contributed by atoms with Crippen LogP contribution in [0.4, 0.5) is 11.4 Å².